The Labute approximate surface area is 211 Å². The number of benzene rings is 2. The highest BCUT2D eigenvalue weighted by Crippen LogP contribution is 2.42. The fourth-order valence-electron chi connectivity index (χ4n) is 4.85. The fourth-order valence-corrected chi connectivity index (χ4v) is 6.12. The standard InChI is InChI=1S/C27H32ClN3O2S/c1-18-13-19(2)17-31(16-18)12-6-11-29-26(32)21-9-10-24-23(14-21)30(3)27(33)25(34-24)15-20-7-4-5-8-22(20)28/h4-5,7-10,14-15,18-19H,6,11-13,16-17H2,1-3H3,(H,29,32). The number of likely N-dealkylation sites (tertiary alicyclic amines) is 1. The Morgan fingerprint density at radius 3 is 2.65 bits per heavy atom. The van der Waals surface area contributed by atoms with Gasteiger partial charge in [0.1, 0.15) is 0 Å². The van der Waals surface area contributed by atoms with E-state index in [1.54, 1.807) is 18.0 Å². The molecule has 0 aromatic heterocycles. The molecule has 7 heteroatoms. The van der Waals surface area contributed by atoms with Crippen LogP contribution >= 0.6 is 23.4 Å². The molecular formula is C27H32ClN3O2S. The zero-order valence-corrected chi connectivity index (χ0v) is 21.6. The molecule has 0 bridgehead atoms. The molecule has 1 saturated heterocycles. The van der Waals surface area contributed by atoms with E-state index in [9.17, 15) is 9.59 Å². The Hall–Kier alpha value is -2.28. The second-order valence-corrected chi connectivity index (χ2v) is 11.0. The van der Waals surface area contributed by atoms with Gasteiger partial charge in [-0.25, -0.2) is 0 Å². The zero-order valence-electron chi connectivity index (χ0n) is 20.0. The van der Waals surface area contributed by atoms with Crippen molar-refractivity contribution in [2.75, 3.05) is 38.1 Å². The monoisotopic (exact) mass is 497 g/mol. The largest absolute Gasteiger partial charge is 0.352 e. The molecule has 34 heavy (non-hydrogen) atoms. The Bertz CT molecular complexity index is 1090. The minimum absolute atomic E-state index is 0.105. The molecule has 2 amide bonds. The number of hydrogen-bond acceptors (Lipinski definition) is 4. The quantitative estimate of drug-likeness (QED) is 0.420. The third-order valence-electron chi connectivity index (χ3n) is 6.39. The first-order chi connectivity index (χ1) is 16.3. The predicted octanol–water partition coefficient (Wildman–Crippen LogP) is 5.55. The van der Waals surface area contributed by atoms with Crippen LogP contribution in [0.4, 0.5) is 5.69 Å². The molecule has 1 N–H and O–H groups in total. The highest BCUT2D eigenvalue weighted by molar-refractivity contribution is 8.04. The Kier molecular flexibility index (Phi) is 8.02. The van der Waals surface area contributed by atoms with E-state index in [4.69, 9.17) is 11.6 Å². The average Bonchev–Trinajstić information content (AvgIpc) is 2.80. The Balaban J connectivity index is 1.37. The molecule has 4 rings (SSSR count). The smallest absolute Gasteiger partial charge is 0.264 e. The van der Waals surface area contributed by atoms with Gasteiger partial charge in [0.2, 0.25) is 0 Å². The maximum Gasteiger partial charge on any atom is 0.264 e. The van der Waals surface area contributed by atoms with Crippen LogP contribution in [0.3, 0.4) is 0 Å². The summed E-state index contributed by atoms with van der Waals surface area (Å²) in [6.07, 6.45) is 4.05. The number of nitrogens with zero attached hydrogens (tertiary/aromatic N) is 2. The normalized spacial score (nSPS) is 22.1. The second-order valence-electron chi connectivity index (χ2n) is 9.49. The third-order valence-corrected chi connectivity index (χ3v) is 7.81. The average molecular weight is 498 g/mol. The highest BCUT2D eigenvalue weighted by atomic mass is 35.5. The number of anilines is 1. The summed E-state index contributed by atoms with van der Waals surface area (Å²) in [6.45, 7) is 8.57. The minimum atomic E-state index is -0.111. The zero-order chi connectivity index (χ0) is 24.2. The van der Waals surface area contributed by atoms with Crippen molar-refractivity contribution in [3.05, 3.63) is 63.5 Å². The molecule has 180 valence electrons. The summed E-state index contributed by atoms with van der Waals surface area (Å²) >= 11 is 7.67. The lowest BCUT2D eigenvalue weighted by atomic mass is 9.92. The summed E-state index contributed by atoms with van der Waals surface area (Å²) in [6, 6.07) is 13.0. The van der Waals surface area contributed by atoms with Gasteiger partial charge in [0.25, 0.3) is 11.8 Å². The summed E-state index contributed by atoms with van der Waals surface area (Å²) < 4.78 is 0. The second kappa shape index (κ2) is 11.0. The van der Waals surface area contributed by atoms with Crippen LogP contribution in [-0.2, 0) is 4.79 Å². The van der Waals surface area contributed by atoms with E-state index in [-0.39, 0.29) is 11.8 Å². The van der Waals surface area contributed by atoms with Gasteiger partial charge in [0.15, 0.2) is 0 Å². The van der Waals surface area contributed by atoms with Gasteiger partial charge < -0.3 is 15.1 Å². The van der Waals surface area contributed by atoms with Crippen molar-refractivity contribution in [2.45, 2.75) is 31.6 Å². The first-order valence-electron chi connectivity index (χ1n) is 11.9. The molecule has 0 radical (unpaired) electrons. The molecule has 2 atom stereocenters. The number of rotatable bonds is 6. The molecule has 0 aliphatic carbocycles. The fraction of sp³-hybridized carbons (Fsp3) is 0.407. The first-order valence-corrected chi connectivity index (χ1v) is 13.1. The van der Waals surface area contributed by atoms with Gasteiger partial charge in [-0.15, -0.1) is 0 Å². The molecule has 2 aliphatic heterocycles. The van der Waals surface area contributed by atoms with E-state index in [2.05, 4.69) is 24.1 Å². The molecule has 1 fully saturated rings. The van der Waals surface area contributed by atoms with E-state index in [0.29, 0.717) is 22.0 Å². The predicted molar refractivity (Wildman–Crippen MR) is 141 cm³/mol. The van der Waals surface area contributed by atoms with Crippen molar-refractivity contribution in [1.82, 2.24) is 10.2 Å². The van der Waals surface area contributed by atoms with Crippen LogP contribution in [0.15, 0.2) is 52.3 Å². The van der Waals surface area contributed by atoms with Crippen LogP contribution < -0.4 is 10.2 Å². The number of likely N-dealkylation sites (N-methyl/N-ethyl adjacent to an activating group) is 1. The van der Waals surface area contributed by atoms with E-state index in [0.717, 1.165) is 54.0 Å². The SMILES string of the molecule is CC1CC(C)CN(CCCNC(=O)c2ccc3c(c2)N(C)C(=O)C(=Cc2ccccc2Cl)S3)C1. The Morgan fingerprint density at radius 1 is 1.18 bits per heavy atom. The lowest BCUT2D eigenvalue weighted by Crippen LogP contribution is -2.40. The Morgan fingerprint density at radius 2 is 1.91 bits per heavy atom. The molecule has 0 saturated carbocycles. The maximum absolute atomic E-state index is 13.0. The summed E-state index contributed by atoms with van der Waals surface area (Å²) in [5.74, 6) is 1.27. The molecule has 2 heterocycles. The minimum Gasteiger partial charge on any atom is -0.352 e. The first kappa shape index (κ1) is 24.8. The van der Waals surface area contributed by atoms with E-state index >= 15 is 0 Å². The molecule has 2 aliphatic rings. The van der Waals surface area contributed by atoms with Gasteiger partial charge in [0, 0.05) is 42.2 Å². The summed E-state index contributed by atoms with van der Waals surface area (Å²) in [5.41, 5.74) is 2.12. The van der Waals surface area contributed by atoms with Crippen LogP contribution in [0.5, 0.6) is 0 Å². The van der Waals surface area contributed by atoms with Crippen molar-refractivity contribution in [3.63, 3.8) is 0 Å². The lowest BCUT2D eigenvalue weighted by Gasteiger charge is -2.34. The summed E-state index contributed by atoms with van der Waals surface area (Å²) in [7, 11) is 1.74. The number of thioether (sulfide) groups is 1. The van der Waals surface area contributed by atoms with Gasteiger partial charge in [-0.1, -0.05) is 55.4 Å². The van der Waals surface area contributed by atoms with E-state index in [1.807, 2.05) is 42.5 Å². The van der Waals surface area contributed by atoms with Crippen molar-refractivity contribution in [2.24, 2.45) is 11.8 Å². The molecule has 2 aromatic carbocycles. The highest BCUT2D eigenvalue weighted by Gasteiger charge is 2.27. The third kappa shape index (κ3) is 5.85. The number of nitrogens with one attached hydrogen (secondary N) is 1. The van der Waals surface area contributed by atoms with Crippen LogP contribution in [0.25, 0.3) is 6.08 Å². The van der Waals surface area contributed by atoms with E-state index in [1.165, 1.54) is 18.2 Å². The van der Waals surface area contributed by atoms with Gasteiger partial charge in [0.05, 0.1) is 10.6 Å². The van der Waals surface area contributed by atoms with Crippen molar-refractivity contribution >= 4 is 46.9 Å². The van der Waals surface area contributed by atoms with Crippen LogP contribution in [0, 0.1) is 11.8 Å². The number of hydrogen-bond donors (Lipinski definition) is 1. The van der Waals surface area contributed by atoms with Crippen LogP contribution in [0.1, 0.15) is 42.6 Å². The van der Waals surface area contributed by atoms with Gasteiger partial charge in [-0.3, -0.25) is 9.59 Å². The molecule has 2 unspecified atom stereocenters. The molecular weight excluding hydrogens is 466 g/mol. The van der Waals surface area contributed by atoms with Crippen molar-refractivity contribution in [3.8, 4) is 0 Å². The maximum atomic E-state index is 13.0. The number of halogens is 1. The topological polar surface area (TPSA) is 52.7 Å². The van der Waals surface area contributed by atoms with Crippen molar-refractivity contribution in [1.29, 1.82) is 0 Å². The molecule has 2 aromatic rings. The van der Waals surface area contributed by atoms with Crippen molar-refractivity contribution < 1.29 is 9.59 Å². The van der Waals surface area contributed by atoms with Gasteiger partial charge >= 0.3 is 0 Å². The van der Waals surface area contributed by atoms with Crippen LogP contribution in [-0.4, -0.2) is 49.9 Å². The number of carbonyl (C=O) groups is 2. The lowest BCUT2D eigenvalue weighted by molar-refractivity contribution is -0.114. The molecule has 0 spiro atoms. The van der Waals surface area contributed by atoms with E-state index < -0.39 is 0 Å². The summed E-state index contributed by atoms with van der Waals surface area (Å²) in [4.78, 5) is 31.4. The van der Waals surface area contributed by atoms with Gasteiger partial charge in [-0.05, 0) is 67.1 Å². The number of amides is 2. The number of piperidine rings is 1. The number of carbonyl (C=O) groups excluding carboxylic acids is 2. The van der Waals surface area contributed by atoms with Crippen LogP contribution in [0.2, 0.25) is 5.02 Å². The molecule has 5 nitrogen and oxygen atoms in total. The number of fused-ring (bicyclic) bond motifs is 1. The van der Waals surface area contributed by atoms with Gasteiger partial charge in [-0.2, -0.15) is 0 Å². The summed E-state index contributed by atoms with van der Waals surface area (Å²) in [5, 5.41) is 3.64.